The van der Waals surface area contributed by atoms with Gasteiger partial charge in [0.25, 0.3) is 5.67 Å². The normalized spacial score (nSPS) is 35.1. The van der Waals surface area contributed by atoms with Gasteiger partial charge in [-0.3, -0.25) is 14.6 Å². The number of carbonyl (C=O) groups excluding carboxylic acids is 4. The van der Waals surface area contributed by atoms with E-state index in [2.05, 4.69) is 21.4 Å². The molecule has 5 heterocycles. The minimum absolute atomic E-state index is 0.0192. The predicted octanol–water partition coefficient (Wildman–Crippen LogP) is 6.31. The largest absolute Gasteiger partial charge is 0.455 e. The van der Waals surface area contributed by atoms with Crippen LogP contribution in [0, 0.1) is 17.8 Å². The highest BCUT2D eigenvalue weighted by molar-refractivity contribution is 6.08. The van der Waals surface area contributed by atoms with Crippen molar-refractivity contribution in [2.75, 3.05) is 20.2 Å². The average Bonchev–Trinajstić information content (AvgIpc) is 3.76. The molecule has 65 heavy (non-hydrogen) atoms. The summed E-state index contributed by atoms with van der Waals surface area (Å²) in [5.74, 6) is -5.01. The van der Waals surface area contributed by atoms with Crippen LogP contribution >= 0.6 is 0 Å². The zero-order valence-electron chi connectivity index (χ0n) is 39.3. The Morgan fingerprint density at radius 2 is 1.75 bits per heavy atom. The van der Waals surface area contributed by atoms with Crippen LogP contribution in [0.4, 0.5) is 9.18 Å². The van der Waals surface area contributed by atoms with Gasteiger partial charge in [0.2, 0.25) is 0 Å². The molecular weight excluding hydrogens is 838 g/mol. The standard InChI is InChI=1S/C49H68FN5O10/c1-11-21-52-35-25-30(4)62-44(40(35)57)64-43-32(6)42(58)48(8,50)45(59)63-37(12-2)49(9)41(31(5)39(56)29(3)27-47(43,7)61-10)55(46(60)65-49)24-16-15-23-54-36-20-14-13-19-34(36)53-38(54)26-33-18-17-22-51-28-33/h11,13-14,17-20,22,28-32,35,37,40-41,43-44,52,57H,1,12,15-16,21,23-27H2,2-10H3/t29-,30-,31+,32-,35+,37-,40+,41?,43-,44+,47-,48+,49-/m1/s1. The number of nitrogens with one attached hydrogen (secondary N) is 1. The molecule has 0 radical (unpaired) electrons. The number of rotatable bonds is 14. The molecule has 0 bridgehead atoms. The molecule has 0 aliphatic carbocycles. The van der Waals surface area contributed by atoms with Gasteiger partial charge >= 0.3 is 12.1 Å². The molecule has 0 spiro atoms. The number of nitrogens with zero attached hydrogens (tertiary/aromatic N) is 4. The number of amides is 1. The Kier molecular flexibility index (Phi) is 15.7. The Bertz CT molecular complexity index is 2170. The first-order valence-electron chi connectivity index (χ1n) is 23.0. The number of hydrogen-bond donors (Lipinski definition) is 2. The van der Waals surface area contributed by atoms with Crippen molar-refractivity contribution in [1.29, 1.82) is 0 Å². The summed E-state index contributed by atoms with van der Waals surface area (Å²) in [7, 11) is 1.40. The molecule has 6 rings (SSSR count). The van der Waals surface area contributed by atoms with Gasteiger partial charge in [-0.25, -0.2) is 19.0 Å². The van der Waals surface area contributed by atoms with E-state index in [0.29, 0.717) is 38.8 Å². The number of benzene rings is 1. The van der Waals surface area contributed by atoms with Crippen LogP contribution in [-0.4, -0.2) is 128 Å². The molecule has 15 nitrogen and oxygen atoms in total. The van der Waals surface area contributed by atoms with Gasteiger partial charge in [-0.05, 0) is 83.6 Å². The summed E-state index contributed by atoms with van der Waals surface area (Å²) in [6.45, 7) is 17.5. The lowest BCUT2D eigenvalue weighted by atomic mass is 9.73. The van der Waals surface area contributed by atoms with E-state index >= 15 is 4.39 Å². The monoisotopic (exact) mass is 905 g/mol. The molecule has 1 amide bonds. The zero-order valence-corrected chi connectivity index (χ0v) is 39.3. The maximum absolute atomic E-state index is 17.0. The highest BCUT2D eigenvalue weighted by Gasteiger charge is 2.61. The molecule has 16 heteroatoms. The quantitative estimate of drug-likeness (QED) is 0.0796. The lowest BCUT2D eigenvalue weighted by molar-refractivity contribution is -0.290. The van der Waals surface area contributed by atoms with E-state index in [-0.39, 0.29) is 31.3 Å². The predicted molar refractivity (Wildman–Crippen MR) is 240 cm³/mol. The number of aromatic nitrogens is 3. The number of cyclic esters (lactones) is 1. The number of imidazole rings is 1. The number of unbranched alkanes of at least 4 members (excludes halogenated alkanes) is 1. The van der Waals surface area contributed by atoms with Gasteiger partial charge in [-0.2, -0.15) is 0 Å². The molecule has 2 N–H and O–H groups in total. The van der Waals surface area contributed by atoms with Crippen molar-refractivity contribution in [3.05, 3.63) is 72.8 Å². The molecule has 0 saturated carbocycles. The molecule has 3 aliphatic heterocycles. The fourth-order valence-corrected chi connectivity index (χ4v) is 10.4. The molecule has 3 aliphatic rings. The molecule has 1 aromatic carbocycles. The fraction of sp³-hybridized carbons (Fsp3) is 0.633. The second kappa shape index (κ2) is 20.5. The second-order valence-electron chi connectivity index (χ2n) is 18.8. The number of alkyl halides is 1. The number of aryl methyl sites for hydroxylation is 1. The van der Waals surface area contributed by atoms with Crippen LogP contribution in [0.2, 0.25) is 0 Å². The van der Waals surface area contributed by atoms with Crippen molar-refractivity contribution < 1.29 is 52.4 Å². The summed E-state index contributed by atoms with van der Waals surface area (Å²) in [5.41, 5.74) is -3.42. The number of fused-ring (bicyclic) bond motifs is 2. The summed E-state index contributed by atoms with van der Waals surface area (Å²) >= 11 is 0. The number of methoxy groups -OCH3 is 1. The minimum Gasteiger partial charge on any atom is -0.455 e. The summed E-state index contributed by atoms with van der Waals surface area (Å²) < 4.78 is 50.0. The van der Waals surface area contributed by atoms with Crippen LogP contribution in [0.1, 0.15) is 98.9 Å². The van der Waals surface area contributed by atoms with E-state index in [1.54, 1.807) is 46.9 Å². The Balaban J connectivity index is 1.30. The van der Waals surface area contributed by atoms with Crippen LogP contribution < -0.4 is 5.32 Å². The fourth-order valence-electron chi connectivity index (χ4n) is 10.4. The maximum atomic E-state index is 17.0. The number of carbonyl (C=O) groups is 4. The van der Waals surface area contributed by atoms with Crippen molar-refractivity contribution in [1.82, 2.24) is 24.8 Å². The van der Waals surface area contributed by atoms with Gasteiger partial charge < -0.3 is 43.6 Å². The molecule has 356 valence electrons. The number of ketones is 2. The number of Topliss-reactive ketones (excluding diaryl/α,β-unsaturated/α-hetero) is 2. The van der Waals surface area contributed by atoms with Crippen LogP contribution in [0.3, 0.4) is 0 Å². The molecule has 3 aromatic rings. The third-order valence-electron chi connectivity index (χ3n) is 13.9. The number of pyridine rings is 1. The van der Waals surface area contributed by atoms with Crippen molar-refractivity contribution in [3.8, 4) is 0 Å². The number of ether oxygens (including phenoxy) is 5. The van der Waals surface area contributed by atoms with Crippen molar-refractivity contribution in [2.24, 2.45) is 17.8 Å². The van der Waals surface area contributed by atoms with E-state index < -0.39 is 89.2 Å². The van der Waals surface area contributed by atoms with Crippen LogP contribution in [0.25, 0.3) is 11.0 Å². The summed E-state index contributed by atoms with van der Waals surface area (Å²) in [5, 5.41) is 14.7. The molecule has 2 aromatic heterocycles. The maximum Gasteiger partial charge on any atom is 0.410 e. The van der Waals surface area contributed by atoms with E-state index in [9.17, 15) is 24.3 Å². The van der Waals surface area contributed by atoms with Gasteiger partial charge in [0.15, 0.2) is 17.7 Å². The van der Waals surface area contributed by atoms with E-state index in [0.717, 1.165) is 29.3 Å². The number of para-hydroxylation sites is 2. The van der Waals surface area contributed by atoms with Gasteiger partial charge in [0.1, 0.15) is 23.8 Å². The molecule has 3 saturated heterocycles. The van der Waals surface area contributed by atoms with Crippen molar-refractivity contribution in [3.63, 3.8) is 0 Å². The first kappa shape index (κ1) is 49.8. The minimum atomic E-state index is -3.20. The lowest BCUT2D eigenvalue weighted by Gasteiger charge is -2.46. The van der Waals surface area contributed by atoms with E-state index in [1.807, 2.05) is 49.5 Å². The summed E-state index contributed by atoms with van der Waals surface area (Å²) in [6, 6.07) is 10.4. The molecule has 3 fully saturated rings. The Hall–Kier alpha value is -4.61. The Labute approximate surface area is 381 Å². The molecule has 1 unspecified atom stereocenters. The van der Waals surface area contributed by atoms with Crippen LogP contribution in [0.5, 0.6) is 0 Å². The first-order valence-corrected chi connectivity index (χ1v) is 23.0. The zero-order chi connectivity index (χ0) is 47.4. The Morgan fingerprint density at radius 3 is 2.43 bits per heavy atom. The highest BCUT2D eigenvalue weighted by atomic mass is 19.1. The SMILES string of the molecule is C=CCN[C@H]1C[C@@H](C)O[C@@H](O[C@@H]2[C@H](C)C(=O)[C@](C)(F)C(=O)O[C@H](CC)[C@@]3(C)OC(=O)N(CCCCn4c(Cc5cccnc5)nc5ccccc54)C3[C@@H](C)C(=O)[C@H](C)C[C@@]2(C)OC)[C@H]1O. The first-order chi connectivity index (χ1) is 30.8. The van der Waals surface area contributed by atoms with E-state index in [1.165, 1.54) is 18.9 Å². The van der Waals surface area contributed by atoms with Crippen LogP contribution in [0.15, 0.2) is 61.4 Å². The van der Waals surface area contributed by atoms with Gasteiger partial charge in [0.05, 0.1) is 34.9 Å². The topological polar surface area (TPSA) is 181 Å². The third kappa shape index (κ3) is 10.2. The number of aliphatic hydroxyl groups is 1. The van der Waals surface area contributed by atoms with E-state index in [4.69, 9.17) is 28.7 Å². The number of halogens is 1. The highest BCUT2D eigenvalue weighted by Crippen LogP contribution is 2.44. The van der Waals surface area contributed by atoms with Crippen molar-refractivity contribution in [2.45, 2.75) is 160 Å². The van der Waals surface area contributed by atoms with Crippen LogP contribution in [-0.2, 0) is 51.0 Å². The lowest BCUT2D eigenvalue weighted by Crippen LogP contribution is -2.62. The summed E-state index contributed by atoms with van der Waals surface area (Å²) in [4.78, 5) is 68.1. The average molecular weight is 906 g/mol. The van der Waals surface area contributed by atoms with Gasteiger partial charge in [0, 0.05) is 69.4 Å². The van der Waals surface area contributed by atoms with Crippen molar-refractivity contribution >= 4 is 34.7 Å². The summed E-state index contributed by atoms with van der Waals surface area (Å²) in [6.07, 6.45) is 1.29. The number of hydrogen-bond acceptors (Lipinski definition) is 13. The third-order valence-corrected chi connectivity index (χ3v) is 13.9. The molecule has 13 atom stereocenters. The molecular formula is C49H68FN5O10. The smallest absolute Gasteiger partial charge is 0.410 e. The number of aliphatic hydroxyl groups excluding tert-OH is 1. The Morgan fingerprint density at radius 1 is 1.03 bits per heavy atom. The number of esters is 1. The van der Waals surface area contributed by atoms with Gasteiger partial charge in [-0.15, -0.1) is 6.58 Å². The second-order valence-corrected chi connectivity index (χ2v) is 18.8. The van der Waals surface area contributed by atoms with Gasteiger partial charge in [-0.1, -0.05) is 52.0 Å².